The molecule has 0 bridgehead atoms. The van der Waals surface area contributed by atoms with Crippen molar-refractivity contribution in [2.75, 3.05) is 0 Å². The maximum atomic E-state index is 14.2. The van der Waals surface area contributed by atoms with E-state index in [1.807, 2.05) is 45.2 Å². The number of benzene rings is 2. The van der Waals surface area contributed by atoms with Crippen LogP contribution in [0, 0.1) is 19.7 Å². The van der Waals surface area contributed by atoms with Crippen molar-refractivity contribution >= 4 is 17.2 Å². The first-order chi connectivity index (χ1) is 14.4. The van der Waals surface area contributed by atoms with Crippen LogP contribution in [0.5, 0.6) is 5.75 Å². The van der Waals surface area contributed by atoms with Crippen molar-refractivity contribution in [3.8, 4) is 5.75 Å². The van der Waals surface area contributed by atoms with Gasteiger partial charge in [-0.3, -0.25) is 4.79 Å². The minimum Gasteiger partial charge on any atom is -0.486 e. The van der Waals surface area contributed by atoms with Crippen LogP contribution in [0.4, 0.5) is 4.39 Å². The molecule has 4 nitrogen and oxygen atoms in total. The Morgan fingerprint density at radius 2 is 1.90 bits per heavy atom. The standard InChI is InChI=1S/C24H27FN2O2S/c1-5-18(4)27(24(28)21-8-6-7-9-22(21)25)13-19-15-30-23(26-19)14-29-20-11-16(2)10-17(3)12-20/h6-12,15,18H,5,13-14H2,1-4H3. The van der Waals surface area contributed by atoms with Gasteiger partial charge in [-0.05, 0) is 62.6 Å². The molecule has 1 heterocycles. The van der Waals surface area contributed by atoms with Crippen molar-refractivity contribution in [1.82, 2.24) is 9.88 Å². The quantitative estimate of drug-likeness (QED) is 0.449. The van der Waals surface area contributed by atoms with Crippen molar-refractivity contribution in [2.24, 2.45) is 0 Å². The van der Waals surface area contributed by atoms with E-state index in [-0.39, 0.29) is 17.5 Å². The Balaban J connectivity index is 1.71. The molecule has 6 heteroatoms. The third-order valence-electron chi connectivity index (χ3n) is 4.98. The minimum atomic E-state index is -0.503. The number of nitrogens with zero attached hydrogens (tertiary/aromatic N) is 2. The Morgan fingerprint density at radius 3 is 2.57 bits per heavy atom. The molecule has 0 spiro atoms. The van der Waals surface area contributed by atoms with Crippen LogP contribution in [0.25, 0.3) is 0 Å². The molecule has 2 aromatic carbocycles. The van der Waals surface area contributed by atoms with Gasteiger partial charge in [-0.15, -0.1) is 11.3 Å². The van der Waals surface area contributed by atoms with Crippen LogP contribution < -0.4 is 4.74 Å². The number of hydrogen-bond acceptors (Lipinski definition) is 4. The van der Waals surface area contributed by atoms with E-state index < -0.39 is 5.82 Å². The Labute approximate surface area is 181 Å². The summed E-state index contributed by atoms with van der Waals surface area (Å²) in [5.41, 5.74) is 3.18. The topological polar surface area (TPSA) is 42.4 Å². The first-order valence-corrected chi connectivity index (χ1v) is 10.9. The van der Waals surface area contributed by atoms with E-state index in [0.29, 0.717) is 13.2 Å². The van der Waals surface area contributed by atoms with Crippen LogP contribution >= 0.6 is 11.3 Å². The Hall–Kier alpha value is -2.73. The molecule has 3 aromatic rings. The summed E-state index contributed by atoms with van der Waals surface area (Å²) in [4.78, 5) is 19.3. The molecule has 1 unspecified atom stereocenters. The molecule has 0 aliphatic carbocycles. The van der Waals surface area contributed by atoms with Crippen LogP contribution in [0.15, 0.2) is 47.8 Å². The zero-order chi connectivity index (χ0) is 21.7. The zero-order valence-electron chi connectivity index (χ0n) is 17.8. The van der Waals surface area contributed by atoms with Crippen LogP contribution in [-0.4, -0.2) is 21.8 Å². The number of carbonyl (C=O) groups is 1. The van der Waals surface area contributed by atoms with Gasteiger partial charge < -0.3 is 9.64 Å². The van der Waals surface area contributed by atoms with Gasteiger partial charge in [0.15, 0.2) is 0 Å². The first-order valence-electron chi connectivity index (χ1n) is 10.1. The third kappa shape index (κ3) is 5.45. The van der Waals surface area contributed by atoms with Crippen LogP contribution in [0.3, 0.4) is 0 Å². The molecule has 0 aliphatic rings. The molecular formula is C24H27FN2O2S. The lowest BCUT2D eigenvalue weighted by Crippen LogP contribution is -2.38. The predicted molar refractivity (Wildman–Crippen MR) is 118 cm³/mol. The van der Waals surface area contributed by atoms with Gasteiger partial charge >= 0.3 is 0 Å². The summed E-state index contributed by atoms with van der Waals surface area (Å²) in [6.07, 6.45) is 0.771. The number of amides is 1. The number of carbonyl (C=O) groups excluding carboxylic acids is 1. The Bertz CT molecular complexity index is 998. The van der Waals surface area contributed by atoms with E-state index in [2.05, 4.69) is 11.1 Å². The molecule has 0 radical (unpaired) electrons. The van der Waals surface area contributed by atoms with Crippen molar-refractivity contribution in [1.29, 1.82) is 0 Å². The summed E-state index contributed by atoms with van der Waals surface area (Å²) in [5, 5.41) is 2.77. The SMILES string of the molecule is CCC(C)N(Cc1csc(COc2cc(C)cc(C)c2)n1)C(=O)c1ccccc1F. The minimum absolute atomic E-state index is 0.0335. The van der Waals surface area contributed by atoms with Gasteiger partial charge in [-0.2, -0.15) is 0 Å². The van der Waals surface area contributed by atoms with E-state index in [1.165, 1.54) is 23.5 Å². The number of ether oxygens (including phenoxy) is 1. The summed E-state index contributed by atoms with van der Waals surface area (Å²) in [6.45, 7) is 8.76. The van der Waals surface area contributed by atoms with E-state index in [0.717, 1.165) is 34.0 Å². The normalized spacial score (nSPS) is 11.9. The molecule has 0 saturated carbocycles. The molecule has 3 rings (SSSR count). The van der Waals surface area contributed by atoms with Crippen molar-refractivity contribution in [3.63, 3.8) is 0 Å². The lowest BCUT2D eigenvalue weighted by Gasteiger charge is -2.28. The van der Waals surface area contributed by atoms with E-state index in [1.54, 1.807) is 17.0 Å². The summed E-state index contributed by atoms with van der Waals surface area (Å²) < 4.78 is 20.0. The molecule has 0 aliphatic heterocycles. The number of rotatable bonds is 8. The highest BCUT2D eigenvalue weighted by molar-refractivity contribution is 7.09. The van der Waals surface area contributed by atoms with E-state index >= 15 is 0 Å². The molecule has 0 N–H and O–H groups in total. The maximum absolute atomic E-state index is 14.2. The van der Waals surface area contributed by atoms with Gasteiger partial charge in [0.2, 0.25) is 0 Å². The number of thiazole rings is 1. The monoisotopic (exact) mass is 426 g/mol. The number of aromatic nitrogens is 1. The number of hydrogen-bond donors (Lipinski definition) is 0. The Kier molecular flexibility index (Phi) is 7.21. The average Bonchev–Trinajstić information content (AvgIpc) is 3.17. The molecule has 1 amide bonds. The molecule has 0 saturated heterocycles. The largest absolute Gasteiger partial charge is 0.486 e. The van der Waals surface area contributed by atoms with E-state index in [9.17, 15) is 9.18 Å². The lowest BCUT2D eigenvalue weighted by atomic mass is 10.1. The van der Waals surface area contributed by atoms with Gasteiger partial charge in [0.25, 0.3) is 5.91 Å². The van der Waals surface area contributed by atoms with Crippen molar-refractivity contribution in [2.45, 2.75) is 53.3 Å². The summed E-state index contributed by atoms with van der Waals surface area (Å²) in [7, 11) is 0. The summed E-state index contributed by atoms with van der Waals surface area (Å²) in [5.74, 6) is 0.000293. The van der Waals surface area contributed by atoms with Gasteiger partial charge in [0.05, 0.1) is 17.8 Å². The number of aryl methyl sites for hydroxylation is 2. The van der Waals surface area contributed by atoms with Gasteiger partial charge in [0, 0.05) is 11.4 Å². The van der Waals surface area contributed by atoms with Crippen molar-refractivity contribution in [3.05, 3.63) is 81.1 Å². The molecule has 158 valence electrons. The molecule has 1 atom stereocenters. The summed E-state index contributed by atoms with van der Waals surface area (Å²) >= 11 is 1.50. The fraction of sp³-hybridized carbons (Fsp3) is 0.333. The second kappa shape index (κ2) is 9.85. The molecule has 1 aromatic heterocycles. The highest BCUT2D eigenvalue weighted by Gasteiger charge is 2.24. The maximum Gasteiger partial charge on any atom is 0.257 e. The number of halogens is 1. The van der Waals surface area contributed by atoms with Gasteiger partial charge in [0.1, 0.15) is 23.2 Å². The Morgan fingerprint density at radius 1 is 1.20 bits per heavy atom. The zero-order valence-corrected chi connectivity index (χ0v) is 18.6. The first kappa shape index (κ1) is 22.0. The fourth-order valence-corrected chi connectivity index (χ4v) is 3.96. The molecular weight excluding hydrogens is 399 g/mol. The highest BCUT2D eigenvalue weighted by atomic mass is 32.1. The molecule has 30 heavy (non-hydrogen) atoms. The predicted octanol–water partition coefficient (Wildman–Crippen LogP) is 5.92. The van der Waals surface area contributed by atoms with Crippen LogP contribution in [0.1, 0.15) is 52.5 Å². The second-order valence-electron chi connectivity index (χ2n) is 7.51. The van der Waals surface area contributed by atoms with Crippen molar-refractivity contribution < 1.29 is 13.9 Å². The third-order valence-corrected chi connectivity index (χ3v) is 5.85. The highest BCUT2D eigenvalue weighted by Crippen LogP contribution is 2.21. The fourth-order valence-electron chi connectivity index (χ4n) is 3.26. The van der Waals surface area contributed by atoms with Crippen LogP contribution in [0.2, 0.25) is 0 Å². The average molecular weight is 427 g/mol. The van der Waals surface area contributed by atoms with E-state index in [4.69, 9.17) is 4.74 Å². The molecule has 0 fully saturated rings. The smallest absolute Gasteiger partial charge is 0.257 e. The lowest BCUT2D eigenvalue weighted by molar-refractivity contribution is 0.0664. The van der Waals surface area contributed by atoms with Crippen LogP contribution in [-0.2, 0) is 13.2 Å². The second-order valence-corrected chi connectivity index (χ2v) is 8.46. The van der Waals surface area contributed by atoms with Gasteiger partial charge in [-0.1, -0.05) is 25.1 Å². The van der Waals surface area contributed by atoms with Gasteiger partial charge in [-0.25, -0.2) is 9.37 Å². The summed E-state index contributed by atoms with van der Waals surface area (Å²) in [6, 6.07) is 12.2.